The number of amides is 1. The first-order chi connectivity index (χ1) is 15.6. The molecule has 4 rings (SSSR count). The Bertz CT molecular complexity index is 1190. The van der Waals surface area contributed by atoms with Crippen LogP contribution in [0.3, 0.4) is 0 Å². The summed E-state index contributed by atoms with van der Waals surface area (Å²) in [6, 6.07) is 16.7. The van der Waals surface area contributed by atoms with Crippen LogP contribution in [0.25, 0.3) is 0 Å². The highest BCUT2D eigenvalue weighted by molar-refractivity contribution is 6.30. The van der Waals surface area contributed by atoms with Crippen LogP contribution in [-0.2, 0) is 0 Å². The van der Waals surface area contributed by atoms with E-state index in [4.69, 9.17) is 16.7 Å². The molecule has 1 aliphatic heterocycles. The van der Waals surface area contributed by atoms with Crippen LogP contribution in [0.5, 0.6) is 0 Å². The number of hydrogen-bond donors (Lipinski definition) is 2. The molecule has 1 aliphatic rings. The van der Waals surface area contributed by atoms with Crippen molar-refractivity contribution in [1.29, 1.82) is 0 Å². The molecule has 2 heterocycles. The number of H-pyrrole nitrogens is 1. The average Bonchev–Trinajstić information content (AvgIpc) is 3.34. The maximum atomic E-state index is 12.6. The second-order valence-corrected chi connectivity index (χ2v) is 8.35. The van der Waals surface area contributed by atoms with Gasteiger partial charge in [-0.2, -0.15) is 18.3 Å². The number of nitrogens with zero attached hydrogens (tertiary/aromatic N) is 2. The molecule has 0 spiro atoms. The summed E-state index contributed by atoms with van der Waals surface area (Å²) in [5, 5.41) is 9.26. The Hall–Kier alpha value is -3.26. The number of carbonyl (C=O) groups excluding carboxylic acids is 1. The van der Waals surface area contributed by atoms with Gasteiger partial charge in [0.05, 0.1) is 23.0 Å². The van der Waals surface area contributed by atoms with Gasteiger partial charge in [-0.1, -0.05) is 41.9 Å². The minimum absolute atomic E-state index is 0.221. The number of nitrogens with one attached hydrogen (secondary N) is 2. The van der Waals surface area contributed by atoms with E-state index in [2.05, 4.69) is 4.98 Å². The van der Waals surface area contributed by atoms with Gasteiger partial charge in [0.15, 0.2) is 0 Å². The number of hydrazone groups is 1. The molecule has 0 aliphatic carbocycles. The minimum Gasteiger partial charge on any atom is -0.360 e. The van der Waals surface area contributed by atoms with E-state index < -0.39 is 18.6 Å². The van der Waals surface area contributed by atoms with Crippen LogP contribution in [0.15, 0.2) is 59.7 Å². The van der Waals surface area contributed by atoms with Crippen LogP contribution in [0.1, 0.15) is 45.3 Å². The van der Waals surface area contributed by atoms with E-state index in [1.165, 1.54) is 0 Å². The van der Waals surface area contributed by atoms with Crippen molar-refractivity contribution < 1.29 is 18.0 Å². The third kappa shape index (κ3) is 4.90. The second kappa shape index (κ2) is 8.94. The van der Waals surface area contributed by atoms with E-state index in [1.54, 1.807) is 26.0 Å². The Morgan fingerprint density at radius 2 is 1.82 bits per heavy atom. The number of aromatic amines is 1. The highest BCUT2D eigenvalue weighted by Crippen LogP contribution is 2.39. The predicted molar refractivity (Wildman–Crippen MR) is 123 cm³/mol. The lowest BCUT2D eigenvalue weighted by Gasteiger charge is -2.24. The molecule has 5 nitrogen and oxygen atoms in total. The van der Waals surface area contributed by atoms with Gasteiger partial charge in [-0.3, -0.25) is 9.80 Å². The van der Waals surface area contributed by atoms with E-state index >= 15 is 0 Å². The number of aryl methyl sites for hydroxylation is 1. The summed E-state index contributed by atoms with van der Waals surface area (Å²) in [6.45, 7) is 2.04. The van der Waals surface area contributed by atoms with Crippen LogP contribution < -0.4 is 10.3 Å². The Morgan fingerprint density at radius 3 is 2.45 bits per heavy atom. The molecule has 0 radical (unpaired) electrons. The van der Waals surface area contributed by atoms with E-state index in [9.17, 15) is 18.0 Å². The van der Waals surface area contributed by atoms with Gasteiger partial charge in [0.2, 0.25) is 0 Å². The third-order valence-electron chi connectivity index (χ3n) is 5.59. The maximum Gasteiger partial charge on any atom is 0.405 e. The number of alkyl halides is 3. The summed E-state index contributed by atoms with van der Waals surface area (Å²) in [5.74, 6) is -0.759. The smallest absolute Gasteiger partial charge is 0.360 e. The highest BCUT2D eigenvalue weighted by atomic mass is 35.5. The molecular weight excluding hydrogens is 453 g/mol. The van der Waals surface area contributed by atoms with Gasteiger partial charge in [-0.25, -0.2) is 0 Å². The van der Waals surface area contributed by atoms with Gasteiger partial charge in [-0.05, 0) is 49.2 Å². The van der Waals surface area contributed by atoms with Gasteiger partial charge in [0.1, 0.15) is 6.54 Å². The van der Waals surface area contributed by atoms with Crippen molar-refractivity contribution in [2.24, 2.45) is 5.10 Å². The summed E-state index contributed by atoms with van der Waals surface area (Å²) >= 11 is 6.06. The van der Waals surface area contributed by atoms with Crippen LogP contribution in [-0.4, -0.2) is 29.3 Å². The molecule has 2 N–H and O–H groups in total. The summed E-state index contributed by atoms with van der Waals surface area (Å²) in [5.41, 5.74) is 4.71. The Morgan fingerprint density at radius 1 is 1.15 bits per heavy atom. The van der Waals surface area contributed by atoms with Crippen molar-refractivity contribution in [2.45, 2.75) is 32.5 Å². The predicted octanol–water partition coefficient (Wildman–Crippen LogP) is 5.93. The summed E-state index contributed by atoms with van der Waals surface area (Å²) in [6.07, 6.45) is -3.93. The molecule has 3 aromatic rings. The van der Waals surface area contributed by atoms with Gasteiger partial charge in [0.25, 0.3) is 5.91 Å². The minimum atomic E-state index is -4.48. The van der Waals surface area contributed by atoms with Gasteiger partial charge in [-0.15, -0.1) is 0 Å². The standard InChI is InChI=1S/C24H22ClF3N4O/c1-14-21(23(33)29-13-24(26,27)28)15(2)30-22(14)20-12-19(16-6-4-3-5-7-16)31-32(20)18-10-8-17(25)9-11-18/h3-11,20,30H,12-13H2,1-2H3,(H,29,33). The number of benzene rings is 2. The van der Waals surface area contributed by atoms with Gasteiger partial charge >= 0.3 is 6.18 Å². The third-order valence-corrected chi connectivity index (χ3v) is 5.85. The van der Waals surface area contributed by atoms with E-state index in [-0.39, 0.29) is 11.6 Å². The van der Waals surface area contributed by atoms with Crippen molar-refractivity contribution in [3.63, 3.8) is 0 Å². The lowest BCUT2D eigenvalue weighted by atomic mass is 9.98. The fourth-order valence-corrected chi connectivity index (χ4v) is 4.22. The van der Waals surface area contributed by atoms with E-state index in [1.807, 2.05) is 52.8 Å². The maximum absolute atomic E-state index is 12.6. The SMILES string of the molecule is Cc1[nH]c(C2CC(c3ccccc3)=NN2c2ccc(Cl)cc2)c(C)c1C(=O)NCC(F)(F)F. The average molecular weight is 475 g/mol. The highest BCUT2D eigenvalue weighted by Gasteiger charge is 2.35. The lowest BCUT2D eigenvalue weighted by molar-refractivity contribution is -0.123. The zero-order chi connectivity index (χ0) is 23.8. The number of halogens is 4. The topological polar surface area (TPSA) is 60.5 Å². The molecule has 0 bridgehead atoms. The summed E-state index contributed by atoms with van der Waals surface area (Å²) < 4.78 is 37.8. The Labute approximate surface area is 194 Å². The molecule has 2 aromatic carbocycles. The fourth-order valence-electron chi connectivity index (χ4n) is 4.09. The number of rotatable bonds is 5. The van der Waals surface area contributed by atoms with E-state index in [0.29, 0.717) is 22.7 Å². The summed E-state index contributed by atoms with van der Waals surface area (Å²) in [4.78, 5) is 15.8. The molecule has 0 saturated heterocycles. The van der Waals surface area contributed by atoms with Crippen molar-refractivity contribution in [2.75, 3.05) is 11.6 Å². The zero-order valence-corrected chi connectivity index (χ0v) is 18.8. The molecule has 1 unspecified atom stereocenters. The lowest BCUT2D eigenvalue weighted by Crippen LogP contribution is -2.34. The second-order valence-electron chi connectivity index (χ2n) is 7.92. The molecular formula is C24H22ClF3N4O. The van der Waals surface area contributed by atoms with Crippen molar-refractivity contribution in [3.05, 3.63) is 87.7 Å². The Kier molecular flexibility index (Phi) is 6.21. The van der Waals surface area contributed by atoms with Gasteiger partial charge < -0.3 is 10.3 Å². The van der Waals surface area contributed by atoms with Crippen molar-refractivity contribution >= 4 is 28.9 Å². The molecule has 172 valence electrons. The first kappa shape index (κ1) is 22.9. The molecule has 0 fully saturated rings. The van der Waals surface area contributed by atoms with Crippen molar-refractivity contribution in [3.8, 4) is 0 Å². The molecule has 1 aromatic heterocycles. The van der Waals surface area contributed by atoms with Crippen LogP contribution >= 0.6 is 11.6 Å². The molecule has 9 heteroatoms. The first-order valence-corrected chi connectivity index (χ1v) is 10.7. The van der Waals surface area contributed by atoms with Gasteiger partial charge in [0, 0.05) is 22.8 Å². The largest absolute Gasteiger partial charge is 0.405 e. The van der Waals surface area contributed by atoms with Crippen molar-refractivity contribution in [1.82, 2.24) is 10.3 Å². The first-order valence-electron chi connectivity index (χ1n) is 10.4. The number of hydrogen-bond acceptors (Lipinski definition) is 3. The van der Waals surface area contributed by atoms with Crippen LogP contribution in [0, 0.1) is 13.8 Å². The summed E-state index contributed by atoms with van der Waals surface area (Å²) in [7, 11) is 0. The van der Waals surface area contributed by atoms with E-state index in [0.717, 1.165) is 22.7 Å². The molecule has 33 heavy (non-hydrogen) atoms. The number of anilines is 1. The number of aromatic nitrogens is 1. The zero-order valence-electron chi connectivity index (χ0n) is 18.0. The molecule has 0 saturated carbocycles. The molecule has 1 amide bonds. The fraction of sp³-hybridized carbons (Fsp3) is 0.250. The normalized spacial score (nSPS) is 16.1. The Balaban J connectivity index is 1.71. The van der Waals surface area contributed by atoms with Crippen LogP contribution in [0.4, 0.5) is 18.9 Å². The van der Waals surface area contributed by atoms with Crippen LogP contribution in [0.2, 0.25) is 5.02 Å². The molecule has 1 atom stereocenters. The monoisotopic (exact) mass is 474 g/mol. The number of carbonyl (C=O) groups is 1. The quantitative estimate of drug-likeness (QED) is 0.481.